The average molecular weight is 228 g/mol. The van der Waals surface area contributed by atoms with Gasteiger partial charge < -0.3 is 4.74 Å². The molecule has 0 aromatic heterocycles. The smallest absolute Gasteiger partial charge is 0.312 e. The van der Waals surface area contributed by atoms with Crippen molar-refractivity contribution in [1.29, 1.82) is 0 Å². The first kappa shape index (κ1) is 15.5. The van der Waals surface area contributed by atoms with Crippen molar-refractivity contribution in [2.75, 3.05) is 6.61 Å². The van der Waals surface area contributed by atoms with E-state index in [0.29, 0.717) is 12.5 Å². The fourth-order valence-electron chi connectivity index (χ4n) is 1.14. The van der Waals surface area contributed by atoms with Gasteiger partial charge in [-0.1, -0.05) is 34.6 Å². The maximum Gasteiger partial charge on any atom is 0.312 e. The largest absolute Gasteiger partial charge is 0.465 e. The van der Waals surface area contributed by atoms with Gasteiger partial charge in [0, 0.05) is 0 Å². The zero-order chi connectivity index (χ0) is 13.0. The molecule has 0 fully saturated rings. The van der Waals surface area contributed by atoms with Gasteiger partial charge in [0.15, 0.2) is 0 Å². The van der Waals surface area contributed by atoms with Crippen LogP contribution in [0, 0.1) is 16.7 Å². The first-order valence-corrected chi connectivity index (χ1v) is 6.26. The SMILES string of the molecule is CC(C)CCCOC(=O)C(C)(C)C(C)(C)C. The highest BCUT2D eigenvalue weighted by Crippen LogP contribution is 2.38. The molecule has 0 aliphatic carbocycles. The second kappa shape index (κ2) is 5.70. The third-order valence-electron chi connectivity index (χ3n) is 3.54. The lowest BCUT2D eigenvalue weighted by atomic mass is 9.69. The number of hydrogen-bond acceptors (Lipinski definition) is 2. The van der Waals surface area contributed by atoms with Crippen LogP contribution in [0.4, 0.5) is 0 Å². The Hall–Kier alpha value is -0.530. The van der Waals surface area contributed by atoms with Gasteiger partial charge in [-0.05, 0) is 38.0 Å². The molecule has 0 heterocycles. The Balaban J connectivity index is 4.07. The fraction of sp³-hybridized carbons (Fsp3) is 0.929. The second-order valence-corrected chi connectivity index (χ2v) is 6.55. The van der Waals surface area contributed by atoms with Crippen molar-refractivity contribution < 1.29 is 9.53 Å². The summed E-state index contributed by atoms with van der Waals surface area (Å²) in [5.41, 5.74) is -0.493. The summed E-state index contributed by atoms with van der Waals surface area (Å²) < 4.78 is 5.34. The van der Waals surface area contributed by atoms with Crippen molar-refractivity contribution in [1.82, 2.24) is 0 Å². The summed E-state index contributed by atoms with van der Waals surface area (Å²) in [6.07, 6.45) is 2.08. The van der Waals surface area contributed by atoms with Crippen molar-refractivity contribution in [3.8, 4) is 0 Å². The molecule has 0 rings (SSSR count). The van der Waals surface area contributed by atoms with E-state index < -0.39 is 5.41 Å². The van der Waals surface area contributed by atoms with Crippen LogP contribution in [0.1, 0.15) is 61.3 Å². The molecule has 0 aromatic carbocycles. The number of rotatable bonds is 5. The van der Waals surface area contributed by atoms with E-state index >= 15 is 0 Å². The van der Waals surface area contributed by atoms with Gasteiger partial charge in [-0.15, -0.1) is 0 Å². The molecule has 0 radical (unpaired) electrons. The van der Waals surface area contributed by atoms with Gasteiger partial charge in [-0.3, -0.25) is 4.79 Å². The Morgan fingerprint density at radius 2 is 1.62 bits per heavy atom. The van der Waals surface area contributed by atoms with Gasteiger partial charge >= 0.3 is 5.97 Å². The Morgan fingerprint density at radius 3 is 2.00 bits per heavy atom. The minimum absolute atomic E-state index is 0.0673. The lowest BCUT2D eigenvalue weighted by Crippen LogP contribution is -2.39. The second-order valence-electron chi connectivity index (χ2n) is 6.55. The van der Waals surface area contributed by atoms with Gasteiger partial charge in [-0.25, -0.2) is 0 Å². The molecule has 2 heteroatoms. The molecule has 0 unspecified atom stereocenters. The predicted octanol–water partition coefficient (Wildman–Crippen LogP) is 4.04. The quantitative estimate of drug-likeness (QED) is 0.524. The van der Waals surface area contributed by atoms with Crippen molar-refractivity contribution in [3.05, 3.63) is 0 Å². The van der Waals surface area contributed by atoms with E-state index in [2.05, 4.69) is 34.6 Å². The highest BCUT2D eigenvalue weighted by atomic mass is 16.5. The molecule has 96 valence electrons. The van der Waals surface area contributed by atoms with Crippen molar-refractivity contribution in [2.45, 2.75) is 61.3 Å². The molecule has 0 aliphatic rings. The molecule has 16 heavy (non-hydrogen) atoms. The van der Waals surface area contributed by atoms with Crippen LogP contribution in [-0.4, -0.2) is 12.6 Å². The van der Waals surface area contributed by atoms with Gasteiger partial charge in [-0.2, -0.15) is 0 Å². The highest BCUT2D eigenvalue weighted by molar-refractivity contribution is 5.76. The molecule has 2 nitrogen and oxygen atoms in total. The van der Waals surface area contributed by atoms with E-state index in [1.54, 1.807) is 0 Å². The zero-order valence-electron chi connectivity index (χ0n) is 12.0. The average Bonchev–Trinajstić information content (AvgIpc) is 2.09. The van der Waals surface area contributed by atoms with Crippen LogP contribution >= 0.6 is 0 Å². The van der Waals surface area contributed by atoms with E-state index in [1.807, 2.05) is 13.8 Å². The van der Waals surface area contributed by atoms with Crippen LogP contribution in [0.2, 0.25) is 0 Å². The lowest BCUT2D eigenvalue weighted by Gasteiger charge is -2.36. The van der Waals surface area contributed by atoms with Gasteiger partial charge in [0.1, 0.15) is 0 Å². The van der Waals surface area contributed by atoms with Crippen molar-refractivity contribution >= 4 is 5.97 Å². The normalized spacial score (nSPS) is 13.0. The maximum absolute atomic E-state index is 11.9. The first-order chi connectivity index (χ1) is 7.09. The number of carbonyl (C=O) groups excluding carboxylic acids is 1. The van der Waals surface area contributed by atoms with Crippen molar-refractivity contribution in [3.63, 3.8) is 0 Å². The Kier molecular flexibility index (Phi) is 5.51. The number of esters is 1. The van der Waals surface area contributed by atoms with Crippen LogP contribution in [0.25, 0.3) is 0 Å². The van der Waals surface area contributed by atoms with Gasteiger partial charge in [0.2, 0.25) is 0 Å². The zero-order valence-corrected chi connectivity index (χ0v) is 12.0. The molecule has 0 atom stereocenters. The van der Waals surface area contributed by atoms with E-state index in [9.17, 15) is 4.79 Å². The van der Waals surface area contributed by atoms with E-state index in [0.717, 1.165) is 12.8 Å². The summed E-state index contributed by atoms with van der Waals surface area (Å²) in [4.78, 5) is 11.9. The molecule has 0 spiro atoms. The lowest BCUT2D eigenvalue weighted by molar-refractivity contribution is -0.160. The minimum atomic E-state index is -0.426. The fourth-order valence-corrected chi connectivity index (χ4v) is 1.14. The summed E-state index contributed by atoms with van der Waals surface area (Å²) in [6.45, 7) is 15.0. The number of hydrogen-bond donors (Lipinski definition) is 0. The van der Waals surface area contributed by atoms with E-state index in [1.165, 1.54) is 0 Å². The van der Waals surface area contributed by atoms with Crippen LogP contribution in [0.5, 0.6) is 0 Å². The molecule has 0 amide bonds. The van der Waals surface area contributed by atoms with Crippen LogP contribution in [0.15, 0.2) is 0 Å². The van der Waals surface area contributed by atoms with Crippen LogP contribution in [-0.2, 0) is 9.53 Å². The van der Waals surface area contributed by atoms with Gasteiger partial charge in [0.25, 0.3) is 0 Å². The number of ether oxygens (including phenoxy) is 1. The Morgan fingerprint density at radius 1 is 1.12 bits per heavy atom. The summed E-state index contributed by atoms with van der Waals surface area (Å²) in [7, 11) is 0. The van der Waals surface area contributed by atoms with Crippen LogP contribution in [0.3, 0.4) is 0 Å². The first-order valence-electron chi connectivity index (χ1n) is 6.26. The van der Waals surface area contributed by atoms with E-state index in [4.69, 9.17) is 4.74 Å². The van der Waals surface area contributed by atoms with Gasteiger partial charge in [0.05, 0.1) is 12.0 Å². The molecular weight excluding hydrogens is 200 g/mol. The molecule has 0 saturated heterocycles. The molecule has 0 N–H and O–H groups in total. The molecular formula is C14H28O2. The minimum Gasteiger partial charge on any atom is -0.465 e. The summed E-state index contributed by atoms with van der Waals surface area (Å²) >= 11 is 0. The molecule has 0 aliphatic heterocycles. The van der Waals surface area contributed by atoms with Crippen molar-refractivity contribution in [2.24, 2.45) is 16.7 Å². The Bertz CT molecular complexity index is 221. The summed E-state index contributed by atoms with van der Waals surface area (Å²) in [5.74, 6) is 0.595. The predicted molar refractivity (Wildman–Crippen MR) is 68.3 cm³/mol. The third kappa shape index (κ3) is 4.54. The summed E-state index contributed by atoms with van der Waals surface area (Å²) in [5, 5.41) is 0. The monoisotopic (exact) mass is 228 g/mol. The Labute approximate surface area is 101 Å². The number of carbonyl (C=O) groups is 1. The molecule has 0 bridgehead atoms. The third-order valence-corrected chi connectivity index (χ3v) is 3.54. The molecule has 0 aromatic rings. The van der Waals surface area contributed by atoms with E-state index in [-0.39, 0.29) is 11.4 Å². The van der Waals surface area contributed by atoms with Crippen LogP contribution < -0.4 is 0 Å². The standard InChI is InChI=1S/C14H28O2/c1-11(2)9-8-10-16-12(15)14(6,7)13(3,4)5/h11H,8-10H2,1-7H3. The molecule has 0 saturated carbocycles. The maximum atomic E-state index is 11.9. The summed E-state index contributed by atoms with van der Waals surface area (Å²) in [6, 6.07) is 0. The topological polar surface area (TPSA) is 26.3 Å². The highest BCUT2D eigenvalue weighted by Gasteiger charge is 2.40.